The minimum atomic E-state index is -0.577. The molecule has 0 aromatic carbocycles. The summed E-state index contributed by atoms with van der Waals surface area (Å²) in [6, 6.07) is 0. The maximum atomic E-state index is 13.0. The van der Waals surface area contributed by atoms with Crippen molar-refractivity contribution in [2.45, 2.75) is 99.3 Å². The fourth-order valence-electron chi connectivity index (χ4n) is 11.2. The van der Waals surface area contributed by atoms with Gasteiger partial charge in [0.2, 0.25) is 11.0 Å². The molecule has 0 radical (unpaired) electrons. The summed E-state index contributed by atoms with van der Waals surface area (Å²) in [5, 5.41) is -0.121. The Hall–Kier alpha value is -0.960. The van der Waals surface area contributed by atoms with E-state index in [0.717, 1.165) is 51.4 Å². The minimum Gasteiger partial charge on any atom is -0.291 e. The molecule has 9 atom stereocenters. The summed E-state index contributed by atoms with van der Waals surface area (Å²) < 4.78 is 0. The van der Waals surface area contributed by atoms with Crippen molar-refractivity contribution in [2.75, 3.05) is 0 Å². The predicted octanol–water partition coefficient (Wildman–Crippen LogP) is 7.16. The molecule has 0 aliphatic heterocycles. The first-order valence-electron chi connectivity index (χ1n) is 13.6. The molecule has 0 bridgehead atoms. The van der Waals surface area contributed by atoms with Crippen molar-refractivity contribution in [1.29, 1.82) is 0 Å². The first-order valence-corrected chi connectivity index (χ1v) is 14.0. The van der Waals surface area contributed by atoms with Gasteiger partial charge in [-0.1, -0.05) is 46.8 Å². The third-order valence-electron chi connectivity index (χ3n) is 13.0. The highest BCUT2D eigenvalue weighted by molar-refractivity contribution is 6.64. The van der Waals surface area contributed by atoms with Gasteiger partial charge in [0.15, 0.2) is 5.78 Å². The molecule has 0 amide bonds. The number of allylic oxidation sites excluding steroid dienone is 1. The van der Waals surface area contributed by atoms with Crippen LogP contribution in [0.25, 0.3) is 0 Å². The van der Waals surface area contributed by atoms with Crippen molar-refractivity contribution >= 4 is 28.4 Å². The summed E-state index contributed by atoms with van der Waals surface area (Å²) in [4.78, 5) is 38.8. The molecule has 0 N–H and O–H groups in total. The molecule has 0 aromatic heterocycles. The van der Waals surface area contributed by atoms with Gasteiger partial charge in [-0.05, 0) is 116 Å². The van der Waals surface area contributed by atoms with Crippen LogP contribution in [0.15, 0.2) is 12.2 Å². The number of carbonyl (C=O) groups excluding carboxylic acids is 3. The maximum Gasteiger partial charge on any atom is 0.228 e. The molecule has 5 saturated carbocycles. The summed E-state index contributed by atoms with van der Waals surface area (Å²) in [6.07, 6.45) is 8.50. The molecular formula is C30H43ClO3. The Kier molecular flexibility index (Phi) is 5.31. The van der Waals surface area contributed by atoms with Gasteiger partial charge in [-0.3, -0.25) is 14.4 Å². The third-order valence-corrected chi connectivity index (χ3v) is 13.4. The minimum absolute atomic E-state index is 0.0850. The monoisotopic (exact) mass is 486 g/mol. The number of Topliss-reactive ketones (excluding diaryl/α,β-unsaturated/α-hetero) is 2. The van der Waals surface area contributed by atoms with Crippen LogP contribution in [0.2, 0.25) is 0 Å². The van der Waals surface area contributed by atoms with Gasteiger partial charge >= 0.3 is 0 Å². The number of hydrogen-bond acceptors (Lipinski definition) is 3. The van der Waals surface area contributed by atoms with Crippen LogP contribution >= 0.6 is 11.6 Å². The van der Waals surface area contributed by atoms with E-state index in [1.807, 2.05) is 13.8 Å². The SMILES string of the molecule is C=C(C)[C@@H]1CC[C@]2(C(=O)Cl)CC[C@]3(C)[C@H](CC[C@@H]4[C@@]5(C)CC(=O)C(=O)C(C)(C)[C@@H]5CC[C@]43C)[C@@H]12. The molecule has 0 aromatic rings. The van der Waals surface area contributed by atoms with Crippen molar-refractivity contribution in [3.8, 4) is 0 Å². The van der Waals surface area contributed by atoms with Gasteiger partial charge in [0.25, 0.3) is 0 Å². The standard InChI is InChI=1S/C30H43ClO3/c1-17(2)18-10-13-30(25(31)34)15-14-28(6)19(23(18)30)8-9-22-27(5)16-20(32)24(33)26(3,4)21(27)11-12-29(22,28)7/h18-19,21-23H,1,8-16H2,2-7H3/t18-,19+,21-,22+,23+,27-,28+,29+,30-/m0/s1. The van der Waals surface area contributed by atoms with E-state index >= 15 is 0 Å². The van der Waals surface area contributed by atoms with E-state index in [4.69, 9.17) is 11.6 Å². The predicted molar refractivity (Wildman–Crippen MR) is 135 cm³/mol. The fourth-order valence-corrected chi connectivity index (χ4v) is 11.5. The molecule has 188 valence electrons. The van der Waals surface area contributed by atoms with Gasteiger partial charge in [0, 0.05) is 17.3 Å². The van der Waals surface area contributed by atoms with E-state index in [2.05, 4.69) is 34.3 Å². The van der Waals surface area contributed by atoms with Crippen LogP contribution in [0.4, 0.5) is 0 Å². The zero-order valence-electron chi connectivity index (χ0n) is 22.1. The second-order valence-corrected chi connectivity index (χ2v) is 14.6. The molecule has 5 fully saturated rings. The smallest absolute Gasteiger partial charge is 0.228 e. The Morgan fingerprint density at radius 3 is 2.18 bits per heavy atom. The van der Waals surface area contributed by atoms with Crippen LogP contribution in [-0.4, -0.2) is 16.8 Å². The van der Waals surface area contributed by atoms with Crippen LogP contribution in [0.1, 0.15) is 99.3 Å². The lowest BCUT2D eigenvalue weighted by atomic mass is 9.32. The summed E-state index contributed by atoms with van der Waals surface area (Å²) in [5.74, 6) is 1.45. The Labute approximate surface area is 210 Å². The lowest BCUT2D eigenvalue weighted by Gasteiger charge is -2.72. The van der Waals surface area contributed by atoms with Gasteiger partial charge in [-0.15, -0.1) is 0 Å². The van der Waals surface area contributed by atoms with Crippen molar-refractivity contribution in [1.82, 2.24) is 0 Å². The van der Waals surface area contributed by atoms with E-state index in [1.54, 1.807) is 0 Å². The second kappa shape index (κ2) is 7.30. The van der Waals surface area contributed by atoms with Crippen molar-refractivity contribution in [3.63, 3.8) is 0 Å². The molecule has 5 aliphatic carbocycles. The zero-order chi connectivity index (χ0) is 25.1. The molecule has 0 spiro atoms. The van der Waals surface area contributed by atoms with Gasteiger partial charge in [0.1, 0.15) is 0 Å². The molecular weight excluding hydrogens is 444 g/mol. The molecule has 0 unspecified atom stereocenters. The highest BCUT2D eigenvalue weighted by Crippen LogP contribution is 2.77. The van der Waals surface area contributed by atoms with Gasteiger partial charge in [-0.2, -0.15) is 0 Å². The number of halogens is 1. The molecule has 3 nitrogen and oxygen atoms in total. The van der Waals surface area contributed by atoms with Crippen molar-refractivity contribution < 1.29 is 14.4 Å². The lowest BCUT2D eigenvalue weighted by Crippen LogP contribution is -2.67. The third kappa shape index (κ3) is 2.74. The Morgan fingerprint density at radius 2 is 1.56 bits per heavy atom. The van der Waals surface area contributed by atoms with E-state index in [-0.39, 0.29) is 44.9 Å². The van der Waals surface area contributed by atoms with Crippen LogP contribution in [0.3, 0.4) is 0 Å². The summed E-state index contributed by atoms with van der Waals surface area (Å²) in [5.41, 5.74) is 0.269. The van der Waals surface area contributed by atoms with E-state index < -0.39 is 10.8 Å². The molecule has 0 saturated heterocycles. The molecule has 5 rings (SSSR count). The van der Waals surface area contributed by atoms with Crippen LogP contribution in [0, 0.1) is 56.7 Å². The summed E-state index contributed by atoms with van der Waals surface area (Å²) in [7, 11) is 0. The van der Waals surface area contributed by atoms with Gasteiger partial charge in [0.05, 0.1) is 0 Å². The molecule has 0 heterocycles. The lowest BCUT2D eigenvalue weighted by molar-refractivity contribution is -0.230. The topological polar surface area (TPSA) is 51.2 Å². The van der Waals surface area contributed by atoms with Crippen molar-refractivity contribution in [3.05, 3.63) is 12.2 Å². The Balaban J connectivity index is 1.59. The average Bonchev–Trinajstić information content (AvgIpc) is 3.14. The van der Waals surface area contributed by atoms with E-state index in [9.17, 15) is 14.4 Å². The summed E-state index contributed by atoms with van der Waals surface area (Å²) >= 11 is 6.40. The van der Waals surface area contributed by atoms with Gasteiger partial charge < -0.3 is 0 Å². The number of hydrogen-bond donors (Lipinski definition) is 0. The summed E-state index contributed by atoms with van der Waals surface area (Å²) in [6.45, 7) is 17.9. The second-order valence-electron chi connectivity index (χ2n) is 14.3. The van der Waals surface area contributed by atoms with E-state index in [0.29, 0.717) is 24.2 Å². The van der Waals surface area contributed by atoms with E-state index in [1.165, 1.54) is 5.57 Å². The quantitative estimate of drug-likeness (QED) is 0.236. The van der Waals surface area contributed by atoms with Crippen LogP contribution in [0.5, 0.6) is 0 Å². The number of rotatable bonds is 2. The zero-order valence-corrected chi connectivity index (χ0v) is 22.8. The van der Waals surface area contributed by atoms with Gasteiger partial charge in [-0.25, -0.2) is 0 Å². The van der Waals surface area contributed by atoms with Crippen LogP contribution in [-0.2, 0) is 14.4 Å². The molecule has 5 aliphatic rings. The number of fused-ring (bicyclic) bond motifs is 7. The molecule has 4 heteroatoms. The van der Waals surface area contributed by atoms with Crippen LogP contribution < -0.4 is 0 Å². The maximum absolute atomic E-state index is 13.0. The average molecular weight is 487 g/mol. The fraction of sp³-hybridized carbons (Fsp3) is 0.833. The number of ketones is 2. The van der Waals surface area contributed by atoms with Crippen molar-refractivity contribution in [2.24, 2.45) is 56.7 Å². The Bertz CT molecular complexity index is 982. The first kappa shape index (κ1) is 24.7. The first-order chi connectivity index (χ1) is 15.7. The normalized spacial score (nSPS) is 51.7. The molecule has 34 heavy (non-hydrogen) atoms. The Morgan fingerprint density at radius 1 is 0.882 bits per heavy atom. The largest absolute Gasteiger partial charge is 0.291 e. The highest BCUT2D eigenvalue weighted by Gasteiger charge is 2.72. The number of carbonyl (C=O) groups is 3. The highest BCUT2D eigenvalue weighted by atomic mass is 35.5.